The summed E-state index contributed by atoms with van der Waals surface area (Å²) in [6.07, 6.45) is 1.89. The summed E-state index contributed by atoms with van der Waals surface area (Å²) < 4.78 is 5.50. The average Bonchev–Trinajstić information content (AvgIpc) is 2.33. The minimum atomic E-state index is -0.192. The molecule has 2 rings (SSSR count). The Morgan fingerprint density at radius 3 is 2.47 bits per heavy atom. The van der Waals surface area contributed by atoms with Crippen LogP contribution < -0.4 is 0 Å². The quantitative estimate of drug-likeness (QED) is 0.571. The molecule has 0 aromatic heterocycles. The van der Waals surface area contributed by atoms with Crippen molar-refractivity contribution in [3.63, 3.8) is 0 Å². The highest BCUT2D eigenvalue weighted by Gasteiger charge is 2.63. The molecule has 3 nitrogen and oxygen atoms in total. The third-order valence-electron chi connectivity index (χ3n) is 4.00. The van der Waals surface area contributed by atoms with Gasteiger partial charge in [0.1, 0.15) is 4.87 Å². The van der Waals surface area contributed by atoms with Crippen molar-refractivity contribution in [1.82, 2.24) is 9.80 Å². The van der Waals surface area contributed by atoms with E-state index in [9.17, 15) is 0 Å². The molecule has 0 aromatic carbocycles. The fourth-order valence-electron chi connectivity index (χ4n) is 2.91. The van der Waals surface area contributed by atoms with Crippen LogP contribution in [0.25, 0.3) is 0 Å². The third-order valence-corrected chi connectivity index (χ3v) is 7.25. The normalized spacial score (nSPS) is 31.9. The Balaban J connectivity index is 2.48. The van der Waals surface area contributed by atoms with Crippen LogP contribution >= 0.6 is 36.2 Å². The second-order valence-electron chi connectivity index (χ2n) is 5.36. The minimum Gasteiger partial charge on any atom is -0.501 e. The van der Waals surface area contributed by atoms with E-state index in [2.05, 4.69) is 18.7 Å². The summed E-state index contributed by atoms with van der Waals surface area (Å²) in [5.41, 5.74) is 1.10. The van der Waals surface area contributed by atoms with Gasteiger partial charge >= 0.3 is 0 Å². The van der Waals surface area contributed by atoms with Crippen molar-refractivity contribution in [3.05, 3.63) is 11.8 Å². The van der Waals surface area contributed by atoms with E-state index in [1.54, 1.807) is 0 Å². The molecule has 2 aliphatic heterocycles. The first kappa shape index (κ1) is 15.1. The zero-order chi connectivity index (χ0) is 14.4. The van der Waals surface area contributed by atoms with Crippen molar-refractivity contribution in [1.29, 1.82) is 0 Å². The molecule has 1 spiro atoms. The van der Waals surface area contributed by atoms with Gasteiger partial charge in [-0.15, -0.1) is 11.8 Å². The Morgan fingerprint density at radius 2 is 2.00 bits per heavy atom. The molecular weight excluding hydrogens is 296 g/mol. The van der Waals surface area contributed by atoms with Crippen LogP contribution in [0.4, 0.5) is 0 Å². The van der Waals surface area contributed by atoms with Gasteiger partial charge in [0.15, 0.2) is 5.11 Å². The fourth-order valence-corrected chi connectivity index (χ4v) is 4.99. The van der Waals surface area contributed by atoms with Crippen LogP contribution in [0, 0.1) is 5.41 Å². The summed E-state index contributed by atoms with van der Waals surface area (Å²) in [6.45, 7) is 7.06. The highest BCUT2D eigenvalue weighted by molar-refractivity contribution is 8.03. The molecule has 2 saturated heterocycles. The second kappa shape index (κ2) is 4.90. The molecule has 0 N–H and O–H groups in total. The number of hydrogen-bond acceptors (Lipinski definition) is 4. The molecule has 106 valence electrons. The Bertz CT molecular complexity index is 461. The van der Waals surface area contributed by atoms with Crippen LogP contribution in [0.1, 0.15) is 20.8 Å². The van der Waals surface area contributed by atoms with Gasteiger partial charge in [0, 0.05) is 25.4 Å². The molecule has 2 heterocycles. The Labute approximate surface area is 130 Å². The topological polar surface area (TPSA) is 15.7 Å². The molecule has 0 bridgehead atoms. The maximum Gasteiger partial charge on any atom is 0.177 e. The summed E-state index contributed by atoms with van der Waals surface area (Å²) in [5, 5.41) is 0.777. The highest BCUT2D eigenvalue weighted by Crippen LogP contribution is 2.60. The van der Waals surface area contributed by atoms with Gasteiger partial charge in [0.2, 0.25) is 0 Å². The van der Waals surface area contributed by atoms with Gasteiger partial charge in [-0.2, -0.15) is 0 Å². The van der Waals surface area contributed by atoms with E-state index in [1.165, 1.54) is 5.57 Å². The van der Waals surface area contributed by atoms with E-state index in [1.807, 2.05) is 43.9 Å². The molecule has 2 fully saturated rings. The zero-order valence-corrected chi connectivity index (χ0v) is 14.5. The maximum absolute atomic E-state index is 5.64. The van der Waals surface area contributed by atoms with Gasteiger partial charge < -0.3 is 14.5 Å². The molecule has 1 unspecified atom stereocenters. The standard InChI is InChI=1S/C13H20N2OS3/c1-6-16-7-9-8-19-13(9)12(2,3)10(17)14(4)11(18)15(13)5/h7H,6,8H2,1-5H3/b9-7+. The lowest BCUT2D eigenvalue weighted by molar-refractivity contribution is 0.177. The predicted octanol–water partition coefficient (Wildman–Crippen LogP) is 2.87. The van der Waals surface area contributed by atoms with Gasteiger partial charge in [0.05, 0.1) is 23.3 Å². The average molecular weight is 317 g/mol. The van der Waals surface area contributed by atoms with Crippen molar-refractivity contribution in [2.45, 2.75) is 25.6 Å². The third kappa shape index (κ3) is 1.83. The summed E-state index contributed by atoms with van der Waals surface area (Å²) in [5.74, 6) is 0.975. The first-order chi connectivity index (χ1) is 8.80. The lowest BCUT2D eigenvalue weighted by atomic mass is 9.76. The molecule has 2 aliphatic rings. The summed E-state index contributed by atoms with van der Waals surface area (Å²) in [4.78, 5) is 4.80. The molecule has 0 saturated carbocycles. The molecule has 19 heavy (non-hydrogen) atoms. The Kier molecular flexibility index (Phi) is 3.88. The van der Waals surface area contributed by atoms with Crippen molar-refractivity contribution in [2.24, 2.45) is 5.41 Å². The number of nitrogens with zero attached hydrogens (tertiary/aromatic N) is 2. The van der Waals surface area contributed by atoms with E-state index in [4.69, 9.17) is 29.2 Å². The molecule has 6 heteroatoms. The smallest absolute Gasteiger partial charge is 0.177 e. The maximum atomic E-state index is 5.64. The van der Waals surface area contributed by atoms with Crippen molar-refractivity contribution < 1.29 is 4.74 Å². The number of rotatable bonds is 2. The Hall–Kier alpha value is -0.330. The zero-order valence-electron chi connectivity index (χ0n) is 12.0. The van der Waals surface area contributed by atoms with Gasteiger partial charge in [-0.3, -0.25) is 0 Å². The number of ether oxygens (including phenoxy) is 1. The predicted molar refractivity (Wildman–Crippen MR) is 89.4 cm³/mol. The lowest BCUT2D eigenvalue weighted by Crippen LogP contribution is -2.72. The number of hydrogen-bond donors (Lipinski definition) is 0. The molecule has 0 amide bonds. The van der Waals surface area contributed by atoms with E-state index in [-0.39, 0.29) is 10.3 Å². The minimum absolute atomic E-state index is 0.167. The molecule has 0 aliphatic carbocycles. The van der Waals surface area contributed by atoms with Crippen molar-refractivity contribution >= 4 is 46.3 Å². The molecule has 0 radical (unpaired) electrons. The molecule has 0 aromatic rings. The van der Waals surface area contributed by atoms with Crippen LogP contribution in [0.5, 0.6) is 0 Å². The van der Waals surface area contributed by atoms with Gasteiger partial charge in [-0.25, -0.2) is 0 Å². The monoisotopic (exact) mass is 316 g/mol. The summed E-state index contributed by atoms with van der Waals surface area (Å²) in [7, 11) is 4.00. The van der Waals surface area contributed by atoms with Crippen LogP contribution in [-0.2, 0) is 4.74 Å². The van der Waals surface area contributed by atoms with Gasteiger partial charge in [-0.05, 0) is 19.1 Å². The van der Waals surface area contributed by atoms with E-state index < -0.39 is 0 Å². The first-order valence-corrected chi connectivity index (χ1v) is 8.12. The summed E-state index contributed by atoms with van der Waals surface area (Å²) >= 11 is 13.1. The molecule has 1 atom stereocenters. The first-order valence-electron chi connectivity index (χ1n) is 6.31. The number of thioether (sulfide) groups is 1. The second-order valence-corrected chi connectivity index (χ2v) is 7.28. The SMILES string of the molecule is CCO/C=C1\CSC12N(C)C(=S)N(C)C(=S)C2(C)C. The van der Waals surface area contributed by atoms with Crippen molar-refractivity contribution in [2.75, 3.05) is 26.5 Å². The van der Waals surface area contributed by atoms with E-state index in [0.717, 1.165) is 15.9 Å². The highest BCUT2D eigenvalue weighted by atomic mass is 32.2. The largest absolute Gasteiger partial charge is 0.501 e. The van der Waals surface area contributed by atoms with Gasteiger partial charge in [-0.1, -0.05) is 26.1 Å². The van der Waals surface area contributed by atoms with E-state index >= 15 is 0 Å². The summed E-state index contributed by atoms with van der Waals surface area (Å²) in [6, 6.07) is 0. The number of likely N-dealkylation sites (N-methyl/N-ethyl adjacent to an activating group) is 1. The number of thiocarbonyl (C=S) groups is 2. The Morgan fingerprint density at radius 1 is 1.37 bits per heavy atom. The fraction of sp³-hybridized carbons (Fsp3) is 0.692. The van der Waals surface area contributed by atoms with Gasteiger partial charge in [0.25, 0.3) is 0 Å². The lowest BCUT2D eigenvalue weighted by Gasteiger charge is -2.63. The van der Waals surface area contributed by atoms with Crippen LogP contribution in [0.2, 0.25) is 0 Å². The van der Waals surface area contributed by atoms with Crippen LogP contribution in [-0.4, -0.2) is 51.2 Å². The van der Waals surface area contributed by atoms with E-state index in [0.29, 0.717) is 6.61 Å². The molecular formula is C13H20N2OS3. The van der Waals surface area contributed by atoms with Crippen LogP contribution in [0.3, 0.4) is 0 Å². The van der Waals surface area contributed by atoms with Crippen molar-refractivity contribution in [3.8, 4) is 0 Å². The van der Waals surface area contributed by atoms with Crippen LogP contribution in [0.15, 0.2) is 11.8 Å².